The van der Waals surface area contributed by atoms with E-state index in [0.29, 0.717) is 24.5 Å². The van der Waals surface area contributed by atoms with Crippen LogP contribution < -0.4 is 5.32 Å². The number of nitrogens with zero attached hydrogens (tertiary/aromatic N) is 1. The zero-order valence-corrected chi connectivity index (χ0v) is 17.4. The van der Waals surface area contributed by atoms with E-state index in [9.17, 15) is 9.59 Å². The Morgan fingerprint density at radius 1 is 1.00 bits per heavy atom. The highest BCUT2D eigenvalue weighted by Crippen LogP contribution is 2.25. The number of carbonyl (C=O) groups is 2. The van der Waals surface area contributed by atoms with E-state index in [1.165, 1.54) is 0 Å². The highest BCUT2D eigenvalue weighted by molar-refractivity contribution is 6.30. The number of carbonyl (C=O) groups excluding carboxylic acids is 2. The molecule has 0 saturated heterocycles. The van der Waals surface area contributed by atoms with Crippen LogP contribution in [-0.2, 0) is 16.1 Å². The third-order valence-corrected chi connectivity index (χ3v) is 4.90. The standard InChI is InChI=1S/C23H29ClN2O2/c1-3-5-9-16-25-23(28)22(19-10-7-6-8-11-19)26(21(27)4-2)17-18-12-14-20(24)15-13-18/h6-8,10-15,22H,3-5,9,16-17H2,1-2H3,(H,25,28)/t22-/m1/s1. The van der Waals surface area contributed by atoms with Crippen molar-refractivity contribution in [1.82, 2.24) is 10.2 Å². The van der Waals surface area contributed by atoms with Crippen molar-refractivity contribution in [3.63, 3.8) is 0 Å². The van der Waals surface area contributed by atoms with E-state index in [1.807, 2.05) is 49.4 Å². The zero-order valence-electron chi connectivity index (χ0n) is 16.7. The third kappa shape index (κ3) is 6.38. The maximum absolute atomic E-state index is 13.1. The highest BCUT2D eigenvalue weighted by Gasteiger charge is 2.30. The lowest BCUT2D eigenvalue weighted by atomic mass is 10.0. The Kier molecular flexibility index (Phi) is 9.02. The van der Waals surface area contributed by atoms with Gasteiger partial charge in [0, 0.05) is 24.5 Å². The van der Waals surface area contributed by atoms with E-state index in [-0.39, 0.29) is 11.8 Å². The number of amides is 2. The lowest BCUT2D eigenvalue weighted by molar-refractivity contribution is -0.141. The SMILES string of the molecule is CCCCCNC(=O)[C@@H](c1ccccc1)N(Cc1ccc(Cl)cc1)C(=O)CC. The number of rotatable bonds is 10. The number of unbranched alkanes of at least 4 members (excludes halogenated alkanes) is 2. The van der Waals surface area contributed by atoms with Crippen LogP contribution in [0.15, 0.2) is 54.6 Å². The Labute approximate surface area is 172 Å². The molecule has 0 fully saturated rings. The van der Waals surface area contributed by atoms with Gasteiger partial charge in [-0.25, -0.2) is 0 Å². The molecular formula is C23H29ClN2O2. The molecule has 2 aromatic rings. The second-order valence-corrected chi connectivity index (χ2v) is 7.25. The van der Waals surface area contributed by atoms with Crippen molar-refractivity contribution in [2.24, 2.45) is 0 Å². The van der Waals surface area contributed by atoms with Crippen LogP contribution in [0.2, 0.25) is 5.02 Å². The molecule has 0 saturated carbocycles. The minimum Gasteiger partial charge on any atom is -0.354 e. The molecule has 0 spiro atoms. The summed E-state index contributed by atoms with van der Waals surface area (Å²) in [6.07, 6.45) is 3.43. The Hall–Kier alpha value is -2.33. The molecule has 150 valence electrons. The molecule has 0 aliphatic heterocycles. The fraction of sp³-hybridized carbons (Fsp3) is 0.391. The Morgan fingerprint density at radius 3 is 2.29 bits per heavy atom. The van der Waals surface area contributed by atoms with Gasteiger partial charge in [-0.05, 0) is 29.7 Å². The van der Waals surface area contributed by atoms with Crippen LogP contribution in [0.5, 0.6) is 0 Å². The van der Waals surface area contributed by atoms with Crippen LogP contribution >= 0.6 is 11.6 Å². The third-order valence-electron chi connectivity index (χ3n) is 4.64. The minimum absolute atomic E-state index is 0.0625. The van der Waals surface area contributed by atoms with Gasteiger partial charge >= 0.3 is 0 Å². The molecule has 28 heavy (non-hydrogen) atoms. The van der Waals surface area contributed by atoms with Crippen molar-refractivity contribution in [3.05, 3.63) is 70.7 Å². The summed E-state index contributed by atoms with van der Waals surface area (Å²) in [5.74, 6) is -0.203. The summed E-state index contributed by atoms with van der Waals surface area (Å²) in [6, 6.07) is 16.2. The largest absolute Gasteiger partial charge is 0.354 e. The number of hydrogen-bond acceptors (Lipinski definition) is 2. The molecular weight excluding hydrogens is 372 g/mol. The van der Waals surface area contributed by atoms with Crippen LogP contribution in [0.3, 0.4) is 0 Å². The van der Waals surface area contributed by atoms with Gasteiger partial charge in [-0.1, -0.05) is 80.8 Å². The lowest BCUT2D eigenvalue weighted by Gasteiger charge is -2.31. The highest BCUT2D eigenvalue weighted by atomic mass is 35.5. The first-order valence-corrected chi connectivity index (χ1v) is 10.3. The lowest BCUT2D eigenvalue weighted by Crippen LogP contribution is -2.43. The average Bonchev–Trinajstić information content (AvgIpc) is 2.72. The summed E-state index contributed by atoms with van der Waals surface area (Å²) in [4.78, 5) is 27.5. The maximum Gasteiger partial charge on any atom is 0.247 e. The molecule has 2 rings (SSSR count). The van der Waals surface area contributed by atoms with E-state index in [0.717, 1.165) is 30.4 Å². The van der Waals surface area contributed by atoms with Gasteiger partial charge < -0.3 is 10.2 Å². The molecule has 2 aromatic carbocycles. The van der Waals surface area contributed by atoms with E-state index in [2.05, 4.69) is 12.2 Å². The topological polar surface area (TPSA) is 49.4 Å². The number of benzene rings is 2. The van der Waals surface area contributed by atoms with E-state index >= 15 is 0 Å². The fourth-order valence-corrected chi connectivity index (χ4v) is 3.23. The Bertz CT molecular complexity index is 747. The van der Waals surface area contributed by atoms with Crippen molar-refractivity contribution in [3.8, 4) is 0 Å². The first-order valence-electron chi connectivity index (χ1n) is 9.93. The van der Waals surface area contributed by atoms with Gasteiger partial charge in [0.2, 0.25) is 11.8 Å². The van der Waals surface area contributed by atoms with E-state index in [4.69, 9.17) is 11.6 Å². The predicted octanol–water partition coefficient (Wildman–Crippen LogP) is 5.13. The van der Waals surface area contributed by atoms with Crippen LogP contribution in [0.1, 0.15) is 56.7 Å². The smallest absolute Gasteiger partial charge is 0.247 e. The van der Waals surface area contributed by atoms with Gasteiger partial charge in [0.05, 0.1) is 0 Å². The molecule has 1 N–H and O–H groups in total. The monoisotopic (exact) mass is 400 g/mol. The quantitative estimate of drug-likeness (QED) is 0.562. The van der Waals surface area contributed by atoms with Crippen LogP contribution in [0.25, 0.3) is 0 Å². The summed E-state index contributed by atoms with van der Waals surface area (Å²) in [6.45, 7) is 4.91. The predicted molar refractivity (Wildman–Crippen MR) is 114 cm³/mol. The fourth-order valence-electron chi connectivity index (χ4n) is 3.10. The first kappa shape index (κ1) is 22.0. The van der Waals surface area contributed by atoms with Crippen molar-refractivity contribution in [2.75, 3.05) is 6.54 Å². The summed E-state index contributed by atoms with van der Waals surface area (Å²) in [5, 5.41) is 3.66. The van der Waals surface area contributed by atoms with E-state index in [1.54, 1.807) is 17.0 Å². The minimum atomic E-state index is -0.661. The summed E-state index contributed by atoms with van der Waals surface area (Å²) >= 11 is 5.99. The Morgan fingerprint density at radius 2 is 1.68 bits per heavy atom. The van der Waals surface area contributed by atoms with Crippen molar-refractivity contribution in [2.45, 2.75) is 52.1 Å². The molecule has 2 amide bonds. The zero-order chi connectivity index (χ0) is 20.4. The molecule has 0 aliphatic rings. The normalized spacial score (nSPS) is 11.7. The number of hydrogen-bond donors (Lipinski definition) is 1. The molecule has 0 bridgehead atoms. The molecule has 5 heteroatoms. The van der Waals surface area contributed by atoms with Gasteiger partial charge in [0.15, 0.2) is 0 Å². The molecule has 0 heterocycles. The van der Waals surface area contributed by atoms with Gasteiger partial charge in [0.1, 0.15) is 6.04 Å². The summed E-state index contributed by atoms with van der Waals surface area (Å²) < 4.78 is 0. The van der Waals surface area contributed by atoms with Crippen molar-refractivity contribution in [1.29, 1.82) is 0 Å². The van der Waals surface area contributed by atoms with Crippen LogP contribution in [0, 0.1) is 0 Å². The first-order chi connectivity index (χ1) is 13.6. The second kappa shape index (κ2) is 11.5. The summed E-state index contributed by atoms with van der Waals surface area (Å²) in [5.41, 5.74) is 1.75. The average molecular weight is 401 g/mol. The van der Waals surface area contributed by atoms with E-state index < -0.39 is 6.04 Å². The van der Waals surface area contributed by atoms with Gasteiger partial charge in [0.25, 0.3) is 0 Å². The van der Waals surface area contributed by atoms with Crippen molar-refractivity contribution < 1.29 is 9.59 Å². The van der Waals surface area contributed by atoms with Gasteiger partial charge in [-0.15, -0.1) is 0 Å². The summed E-state index contributed by atoms with van der Waals surface area (Å²) in [7, 11) is 0. The second-order valence-electron chi connectivity index (χ2n) is 6.81. The number of halogens is 1. The maximum atomic E-state index is 13.1. The van der Waals surface area contributed by atoms with Gasteiger partial charge in [-0.2, -0.15) is 0 Å². The Balaban J connectivity index is 2.30. The molecule has 4 nitrogen and oxygen atoms in total. The molecule has 1 atom stereocenters. The van der Waals surface area contributed by atoms with Crippen LogP contribution in [-0.4, -0.2) is 23.3 Å². The molecule has 0 radical (unpaired) electrons. The number of nitrogens with one attached hydrogen (secondary N) is 1. The molecule has 0 aromatic heterocycles. The molecule has 0 unspecified atom stereocenters. The van der Waals surface area contributed by atoms with Gasteiger partial charge in [-0.3, -0.25) is 9.59 Å². The molecule has 0 aliphatic carbocycles. The van der Waals surface area contributed by atoms with Crippen LogP contribution in [0.4, 0.5) is 0 Å². The van der Waals surface area contributed by atoms with Crippen molar-refractivity contribution >= 4 is 23.4 Å².